The maximum atomic E-state index is 13.6. The van der Waals surface area contributed by atoms with E-state index in [-0.39, 0.29) is 0 Å². The molecule has 72 valence electrons. The lowest BCUT2D eigenvalue weighted by molar-refractivity contribution is -0.163. The molecule has 13 heavy (non-hydrogen) atoms. The average molecular weight is 184 g/mol. The molecule has 0 aromatic heterocycles. The van der Waals surface area contributed by atoms with E-state index in [1.165, 1.54) is 18.7 Å². The minimum absolute atomic E-state index is 0.349. The van der Waals surface area contributed by atoms with Crippen molar-refractivity contribution in [3.8, 4) is 0 Å². The van der Waals surface area contributed by atoms with Gasteiger partial charge < -0.3 is 10.1 Å². The van der Waals surface area contributed by atoms with Gasteiger partial charge in [0.2, 0.25) is 0 Å². The summed E-state index contributed by atoms with van der Waals surface area (Å²) in [6.07, 6.45) is 7.45. The molecule has 1 saturated heterocycles. The van der Waals surface area contributed by atoms with Gasteiger partial charge in [0.05, 0.1) is 0 Å². The van der Waals surface area contributed by atoms with Crippen molar-refractivity contribution in [2.45, 2.75) is 12.4 Å². The summed E-state index contributed by atoms with van der Waals surface area (Å²) in [7, 11) is 0. The monoisotopic (exact) mass is 184 g/mol. The highest BCUT2D eigenvalue weighted by Gasteiger charge is 2.28. The number of halogens is 1. The maximum Gasteiger partial charge on any atom is 0.309 e. The molecule has 1 unspecified atom stereocenters. The number of hydrogen-bond acceptors (Lipinski definition) is 3. The van der Waals surface area contributed by atoms with Gasteiger partial charge in [0.1, 0.15) is 6.73 Å². The van der Waals surface area contributed by atoms with E-state index >= 15 is 0 Å². The molecule has 0 aromatic rings. The van der Waals surface area contributed by atoms with Gasteiger partial charge in [-0.05, 0) is 12.5 Å². The van der Waals surface area contributed by atoms with E-state index in [0.29, 0.717) is 6.73 Å². The van der Waals surface area contributed by atoms with Crippen LogP contribution in [0.1, 0.15) is 6.42 Å². The van der Waals surface area contributed by atoms with Crippen molar-refractivity contribution >= 4 is 0 Å². The number of nitrogens with one attached hydrogen (secondary N) is 1. The fourth-order valence-electron chi connectivity index (χ4n) is 1.23. The Morgan fingerprint density at radius 2 is 2.31 bits per heavy atom. The Morgan fingerprint density at radius 1 is 1.46 bits per heavy atom. The third kappa shape index (κ3) is 2.08. The first-order valence-electron chi connectivity index (χ1n) is 4.46. The standard InChI is InChI=1S/C9H13FN2O/c10-9(4-1-2-5-11-9)13-8-12-6-3-7-12/h1-2,4-5,11H,3,6-8H2. The van der Waals surface area contributed by atoms with Crippen molar-refractivity contribution in [3.63, 3.8) is 0 Å². The summed E-state index contributed by atoms with van der Waals surface area (Å²) in [5.74, 6) is -1.82. The van der Waals surface area contributed by atoms with Gasteiger partial charge in [0.25, 0.3) is 0 Å². The molecule has 1 N–H and O–H groups in total. The smallest absolute Gasteiger partial charge is 0.309 e. The van der Waals surface area contributed by atoms with Crippen molar-refractivity contribution in [1.29, 1.82) is 0 Å². The topological polar surface area (TPSA) is 24.5 Å². The molecule has 2 aliphatic rings. The number of alkyl halides is 1. The second kappa shape index (κ2) is 3.47. The zero-order valence-electron chi connectivity index (χ0n) is 7.37. The van der Waals surface area contributed by atoms with Crippen LogP contribution in [0.3, 0.4) is 0 Å². The normalized spacial score (nSPS) is 32.7. The number of ether oxygens (including phenoxy) is 1. The lowest BCUT2D eigenvalue weighted by Crippen LogP contribution is -2.46. The van der Waals surface area contributed by atoms with Crippen LogP contribution in [-0.2, 0) is 4.74 Å². The maximum absolute atomic E-state index is 13.6. The molecule has 3 nitrogen and oxygen atoms in total. The van der Waals surface area contributed by atoms with Gasteiger partial charge in [0, 0.05) is 25.4 Å². The van der Waals surface area contributed by atoms with Gasteiger partial charge in [-0.15, -0.1) is 0 Å². The van der Waals surface area contributed by atoms with Gasteiger partial charge in [-0.3, -0.25) is 4.90 Å². The highest BCUT2D eigenvalue weighted by Crippen LogP contribution is 2.16. The Labute approximate surface area is 76.9 Å². The lowest BCUT2D eigenvalue weighted by atomic mass is 10.2. The number of allylic oxidation sites excluding steroid dienone is 2. The number of nitrogens with zero attached hydrogens (tertiary/aromatic N) is 1. The minimum Gasteiger partial charge on any atom is -0.334 e. The third-order valence-electron chi connectivity index (χ3n) is 2.20. The fraction of sp³-hybridized carbons (Fsp3) is 0.556. The Balaban J connectivity index is 1.78. The van der Waals surface area contributed by atoms with Crippen molar-refractivity contribution in [2.24, 2.45) is 0 Å². The zero-order chi connectivity index (χ0) is 9.15. The Kier molecular flexibility index (Phi) is 2.33. The molecule has 2 rings (SSSR count). The van der Waals surface area contributed by atoms with Gasteiger partial charge in [-0.1, -0.05) is 6.08 Å². The summed E-state index contributed by atoms with van der Waals surface area (Å²) >= 11 is 0. The molecule has 2 heterocycles. The summed E-state index contributed by atoms with van der Waals surface area (Å²) in [5, 5.41) is 2.52. The van der Waals surface area contributed by atoms with Crippen LogP contribution >= 0.6 is 0 Å². The predicted molar refractivity (Wildman–Crippen MR) is 47.4 cm³/mol. The van der Waals surface area contributed by atoms with Crippen LogP contribution in [0.5, 0.6) is 0 Å². The van der Waals surface area contributed by atoms with Crippen LogP contribution in [0.25, 0.3) is 0 Å². The van der Waals surface area contributed by atoms with Crippen LogP contribution in [0.4, 0.5) is 4.39 Å². The predicted octanol–water partition coefficient (Wildman–Crippen LogP) is 0.963. The Hall–Kier alpha value is -0.870. The Morgan fingerprint density at radius 3 is 2.85 bits per heavy atom. The summed E-state index contributed by atoms with van der Waals surface area (Å²) in [6, 6.07) is 0. The van der Waals surface area contributed by atoms with Crippen LogP contribution in [-0.4, -0.2) is 30.7 Å². The fourth-order valence-corrected chi connectivity index (χ4v) is 1.23. The van der Waals surface area contributed by atoms with E-state index in [9.17, 15) is 4.39 Å². The second-order valence-corrected chi connectivity index (χ2v) is 3.25. The number of likely N-dealkylation sites (tertiary alicyclic amines) is 1. The van der Waals surface area contributed by atoms with Crippen LogP contribution in [0, 0.1) is 0 Å². The van der Waals surface area contributed by atoms with E-state index in [1.54, 1.807) is 12.2 Å². The van der Waals surface area contributed by atoms with E-state index in [1.807, 2.05) is 0 Å². The molecular formula is C9H13FN2O. The number of hydrogen-bond donors (Lipinski definition) is 1. The number of dihydropyridines is 1. The molecule has 4 heteroatoms. The molecule has 1 fully saturated rings. The molecule has 0 aliphatic carbocycles. The van der Waals surface area contributed by atoms with Crippen molar-refractivity contribution in [2.75, 3.05) is 19.8 Å². The highest BCUT2D eigenvalue weighted by molar-refractivity contribution is 5.12. The summed E-state index contributed by atoms with van der Waals surface area (Å²) < 4.78 is 18.7. The average Bonchev–Trinajstić information content (AvgIpc) is 2.02. The second-order valence-electron chi connectivity index (χ2n) is 3.25. The third-order valence-corrected chi connectivity index (χ3v) is 2.20. The molecule has 0 amide bonds. The molecule has 0 saturated carbocycles. The lowest BCUT2D eigenvalue weighted by Gasteiger charge is -2.33. The largest absolute Gasteiger partial charge is 0.334 e. The SMILES string of the molecule is FC1(OCN2CCC2)C=CC=CN1. The van der Waals surface area contributed by atoms with Gasteiger partial charge in [-0.2, -0.15) is 4.39 Å². The van der Waals surface area contributed by atoms with Crippen molar-refractivity contribution in [1.82, 2.24) is 10.2 Å². The molecule has 0 radical (unpaired) electrons. The van der Waals surface area contributed by atoms with Gasteiger partial charge in [-0.25, -0.2) is 0 Å². The summed E-state index contributed by atoms with van der Waals surface area (Å²) in [4.78, 5) is 2.05. The molecular weight excluding hydrogens is 171 g/mol. The van der Waals surface area contributed by atoms with E-state index in [0.717, 1.165) is 13.1 Å². The molecule has 0 spiro atoms. The summed E-state index contributed by atoms with van der Waals surface area (Å²) in [5.41, 5.74) is 0. The first kappa shape index (κ1) is 8.72. The van der Waals surface area contributed by atoms with E-state index in [2.05, 4.69) is 10.2 Å². The van der Waals surface area contributed by atoms with E-state index in [4.69, 9.17) is 4.74 Å². The molecule has 0 bridgehead atoms. The molecule has 0 aromatic carbocycles. The number of rotatable bonds is 3. The van der Waals surface area contributed by atoms with Crippen molar-refractivity contribution in [3.05, 3.63) is 24.4 Å². The van der Waals surface area contributed by atoms with Crippen LogP contribution in [0.15, 0.2) is 24.4 Å². The summed E-state index contributed by atoms with van der Waals surface area (Å²) in [6.45, 7) is 2.37. The Bertz CT molecular complexity index is 238. The first-order chi connectivity index (χ1) is 6.29. The van der Waals surface area contributed by atoms with Crippen LogP contribution < -0.4 is 5.32 Å². The quantitative estimate of drug-likeness (QED) is 0.661. The van der Waals surface area contributed by atoms with Crippen molar-refractivity contribution < 1.29 is 9.13 Å². The minimum atomic E-state index is -1.82. The first-order valence-corrected chi connectivity index (χ1v) is 4.46. The molecule has 1 atom stereocenters. The van der Waals surface area contributed by atoms with Crippen LogP contribution in [0.2, 0.25) is 0 Å². The highest BCUT2D eigenvalue weighted by atomic mass is 19.2. The van der Waals surface area contributed by atoms with E-state index < -0.39 is 5.98 Å². The zero-order valence-corrected chi connectivity index (χ0v) is 7.37. The van der Waals surface area contributed by atoms with Gasteiger partial charge in [0.15, 0.2) is 0 Å². The molecule has 2 aliphatic heterocycles. The van der Waals surface area contributed by atoms with Gasteiger partial charge >= 0.3 is 5.98 Å².